The number of aliphatic hydroxyl groups excluding tert-OH is 2. The number of rotatable bonds is 5. The topological polar surface area (TPSA) is 70.0 Å². The largest absolute Gasteiger partial charge is 0.389 e. The van der Waals surface area contributed by atoms with Gasteiger partial charge in [0.25, 0.3) is 0 Å². The summed E-state index contributed by atoms with van der Waals surface area (Å²) in [5, 5.41) is 19.9. The smallest absolute Gasteiger partial charge is 0.185 e. The van der Waals surface area contributed by atoms with Crippen LogP contribution < -0.4 is 4.90 Å². The standard InChI is InChI=1S/C15H21NO4S/c1-11(17)21-10-14(18)15(19)12-2-4-13(5-3-12)16-6-8-20-9-7-16/h2-5,14-15,18-19H,6-10H2,1H3. The van der Waals surface area contributed by atoms with Crippen LogP contribution in [0.2, 0.25) is 0 Å². The van der Waals surface area contributed by atoms with Gasteiger partial charge in [0, 0.05) is 31.5 Å². The fourth-order valence-corrected chi connectivity index (χ4v) is 2.81. The lowest BCUT2D eigenvalue weighted by molar-refractivity contribution is -0.109. The maximum absolute atomic E-state index is 10.9. The third-order valence-corrected chi connectivity index (χ3v) is 4.35. The summed E-state index contributed by atoms with van der Waals surface area (Å²) in [4.78, 5) is 13.1. The molecular weight excluding hydrogens is 290 g/mol. The Hall–Kier alpha value is -1.08. The molecule has 1 aromatic carbocycles. The van der Waals surface area contributed by atoms with Gasteiger partial charge in [-0.25, -0.2) is 0 Å². The predicted octanol–water partition coefficient (Wildman–Crippen LogP) is 1.20. The van der Waals surface area contributed by atoms with Crippen LogP contribution in [0.5, 0.6) is 0 Å². The minimum atomic E-state index is -0.976. The fraction of sp³-hybridized carbons (Fsp3) is 0.533. The number of thioether (sulfide) groups is 1. The van der Waals surface area contributed by atoms with Crippen molar-refractivity contribution in [2.24, 2.45) is 0 Å². The van der Waals surface area contributed by atoms with Gasteiger partial charge in [-0.1, -0.05) is 23.9 Å². The van der Waals surface area contributed by atoms with Crippen LogP contribution >= 0.6 is 11.8 Å². The van der Waals surface area contributed by atoms with Gasteiger partial charge < -0.3 is 19.8 Å². The summed E-state index contributed by atoms with van der Waals surface area (Å²) in [6.07, 6.45) is -1.93. The Balaban J connectivity index is 1.95. The van der Waals surface area contributed by atoms with Crippen molar-refractivity contribution in [2.45, 2.75) is 19.1 Å². The van der Waals surface area contributed by atoms with E-state index in [0.717, 1.165) is 43.8 Å². The highest BCUT2D eigenvalue weighted by molar-refractivity contribution is 8.13. The molecular formula is C15H21NO4S. The molecule has 116 valence electrons. The molecule has 1 fully saturated rings. The van der Waals surface area contributed by atoms with E-state index in [1.165, 1.54) is 6.92 Å². The molecule has 0 amide bonds. The third kappa shape index (κ3) is 4.71. The number of nitrogens with zero attached hydrogens (tertiary/aromatic N) is 1. The molecule has 5 nitrogen and oxygen atoms in total. The molecule has 2 N–H and O–H groups in total. The molecule has 0 bridgehead atoms. The van der Waals surface area contributed by atoms with Gasteiger partial charge in [0.1, 0.15) is 6.10 Å². The van der Waals surface area contributed by atoms with Crippen LogP contribution in [0.1, 0.15) is 18.6 Å². The molecule has 21 heavy (non-hydrogen) atoms. The van der Waals surface area contributed by atoms with E-state index in [1.54, 1.807) is 0 Å². The predicted molar refractivity (Wildman–Crippen MR) is 83.6 cm³/mol. The lowest BCUT2D eigenvalue weighted by atomic mass is 10.0. The van der Waals surface area contributed by atoms with E-state index < -0.39 is 12.2 Å². The van der Waals surface area contributed by atoms with Crippen molar-refractivity contribution in [1.82, 2.24) is 0 Å². The molecule has 2 unspecified atom stereocenters. The van der Waals surface area contributed by atoms with Crippen molar-refractivity contribution >= 4 is 22.6 Å². The van der Waals surface area contributed by atoms with E-state index >= 15 is 0 Å². The Morgan fingerprint density at radius 1 is 1.29 bits per heavy atom. The summed E-state index contributed by atoms with van der Waals surface area (Å²) < 4.78 is 5.32. The van der Waals surface area contributed by atoms with Gasteiger partial charge in [-0.05, 0) is 17.7 Å². The lowest BCUT2D eigenvalue weighted by Crippen LogP contribution is -2.36. The molecule has 0 saturated carbocycles. The first kappa shape index (κ1) is 16.3. The van der Waals surface area contributed by atoms with E-state index in [1.807, 2.05) is 24.3 Å². The van der Waals surface area contributed by atoms with Crippen molar-refractivity contribution in [3.63, 3.8) is 0 Å². The summed E-state index contributed by atoms with van der Waals surface area (Å²) in [6.45, 7) is 4.62. The normalized spacial score (nSPS) is 18.3. The number of hydrogen-bond donors (Lipinski definition) is 2. The van der Waals surface area contributed by atoms with Crippen LogP contribution in [-0.4, -0.2) is 53.5 Å². The fourth-order valence-electron chi connectivity index (χ4n) is 2.22. The second-order valence-electron chi connectivity index (χ2n) is 5.01. The van der Waals surface area contributed by atoms with Crippen LogP contribution in [0.3, 0.4) is 0 Å². The number of hydrogen-bond acceptors (Lipinski definition) is 6. The van der Waals surface area contributed by atoms with E-state index in [9.17, 15) is 15.0 Å². The van der Waals surface area contributed by atoms with Gasteiger partial charge in [-0.2, -0.15) is 0 Å². The van der Waals surface area contributed by atoms with Crippen molar-refractivity contribution in [3.05, 3.63) is 29.8 Å². The molecule has 1 aliphatic rings. The zero-order valence-electron chi connectivity index (χ0n) is 12.1. The van der Waals surface area contributed by atoms with E-state index in [-0.39, 0.29) is 10.9 Å². The number of carbonyl (C=O) groups is 1. The third-order valence-electron chi connectivity index (χ3n) is 3.43. The van der Waals surface area contributed by atoms with Gasteiger partial charge in [0.2, 0.25) is 0 Å². The lowest BCUT2D eigenvalue weighted by Gasteiger charge is -2.29. The maximum atomic E-state index is 10.9. The molecule has 1 aliphatic heterocycles. The average Bonchev–Trinajstić information content (AvgIpc) is 2.53. The summed E-state index contributed by atoms with van der Waals surface area (Å²) in [7, 11) is 0. The highest BCUT2D eigenvalue weighted by Crippen LogP contribution is 2.23. The number of morpholine rings is 1. The Labute approximate surface area is 128 Å². The van der Waals surface area contributed by atoms with Crippen LogP contribution in [0.25, 0.3) is 0 Å². The van der Waals surface area contributed by atoms with Crippen molar-refractivity contribution in [2.75, 3.05) is 37.0 Å². The first-order valence-corrected chi connectivity index (χ1v) is 7.98. The van der Waals surface area contributed by atoms with Gasteiger partial charge in [0.15, 0.2) is 5.12 Å². The number of aliphatic hydroxyl groups is 2. The molecule has 2 rings (SSSR count). The molecule has 2 atom stereocenters. The highest BCUT2D eigenvalue weighted by Gasteiger charge is 2.19. The molecule has 1 saturated heterocycles. The minimum absolute atomic E-state index is 0.0658. The minimum Gasteiger partial charge on any atom is -0.389 e. The highest BCUT2D eigenvalue weighted by atomic mass is 32.2. The molecule has 6 heteroatoms. The van der Waals surface area contributed by atoms with Gasteiger partial charge in [0.05, 0.1) is 19.3 Å². The van der Waals surface area contributed by atoms with Gasteiger partial charge >= 0.3 is 0 Å². The molecule has 0 radical (unpaired) electrons. The van der Waals surface area contributed by atoms with Crippen molar-refractivity contribution in [1.29, 1.82) is 0 Å². The Morgan fingerprint density at radius 2 is 1.90 bits per heavy atom. The number of ether oxygens (including phenoxy) is 1. The van der Waals surface area contributed by atoms with Gasteiger partial charge in [-0.3, -0.25) is 4.79 Å². The van der Waals surface area contributed by atoms with E-state index in [2.05, 4.69) is 4.90 Å². The monoisotopic (exact) mass is 311 g/mol. The van der Waals surface area contributed by atoms with Crippen LogP contribution in [-0.2, 0) is 9.53 Å². The number of carbonyl (C=O) groups excluding carboxylic acids is 1. The molecule has 1 heterocycles. The molecule has 0 aliphatic carbocycles. The van der Waals surface area contributed by atoms with E-state index in [0.29, 0.717) is 5.56 Å². The van der Waals surface area contributed by atoms with Crippen LogP contribution in [0.4, 0.5) is 5.69 Å². The maximum Gasteiger partial charge on any atom is 0.185 e. The Bertz CT molecular complexity index is 459. The zero-order valence-corrected chi connectivity index (χ0v) is 12.9. The van der Waals surface area contributed by atoms with Crippen LogP contribution in [0, 0.1) is 0 Å². The van der Waals surface area contributed by atoms with Crippen molar-refractivity contribution < 1.29 is 19.7 Å². The summed E-state index contributed by atoms with van der Waals surface area (Å²) >= 11 is 1.02. The summed E-state index contributed by atoms with van der Waals surface area (Å²) in [5.41, 5.74) is 1.74. The van der Waals surface area contributed by atoms with Gasteiger partial charge in [-0.15, -0.1) is 0 Å². The molecule has 1 aromatic rings. The number of anilines is 1. The second kappa shape index (κ2) is 7.79. The first-order chi connectivity index (χ1) is 10.1. The zero-order chi connectivity index (χ0) is 15.2. The molecule has 0 spiro atoms. The Kier molecular flexibility index (Phi) is 6.05. The summed E-state index contributed by atoms with van der Waals surface area (Å²) in [5.74, 6) is 0.196. The molecule has 0 aromatic heterocycles. The SMILES string of the molecule is CC(=O)SCC(O)C(O)c1ccc(N2CCOCC2)cc1. The van der Waals surface area contributed by atoms with Crippen molar-refractivity contribution in [3.8, 4) is 0 Å². The quantitative estimate of drug-likeness (QED) is 0.851. The first-order valence-electron chi connectivity index (χ1n) is 7.00. The number of benzene rings is 1. The van der Waals surface area contributed by atoms with Crippen LogP contribution in [0.15, 0.2) is 24.3 Å². The van der Waals surface area contributed by atoms with E-state index in [4.69, 9.17) is 4.74 Å². The second-order valence-corrected chi connectivity index (χ2v) is 6.20. The summed E-state index contributed by atoms with van der Waals surface area (Å²) in [6, 6.07) is 7.51. The average molecular weight is 311 g/mol. The Morgan fingerprint density at radius 3 is 2.48 bits per heavy atom.